The molecule has 0 N–H and O–H groups in total. The van der Waals surface area contributed by atoms with E-state index in [1.165, 1.54) is 11.1 Å². The van der Waals surface area contributed by atoms with Crippen LogP contribution in [0, 0.1) is 0 Å². The van der Waals surface area contributed by atoms with Crippen molar-refractivity contribution in [2.24, 2.45) is 0 Å². The quantitative estimate of drug-likeness (QED) is 0.764. The predicted octanol–water partition coefficient (Wildman–Crippen LogP) is 3.22. The number of aryl methyl sites for hydroxylation is 1. The first-order valence-corrected chi connectivity index (χ1v) is 7.48. The Kier molecular flexibility index (Phi) is 4.31. The summed E-state index contributed by atoms with van der Waals surface area (Å²) in [6, 6.07) is 8.44. The Bertz CT molecular complexity index is 591. The van der Waals surface area contributed by atoms with Crippen LogP contribution in [0.15, 0.2) is 28.8 Å². The molecule has 1 unspecified atom stereocenters. The maximum Gasteiger partial charge on any atom is 0.283 e. The van der Waals surface area contributed by atoms with Crippen LogP contribution >= 0.6 is 0 Å². The monoisotopic (exact) mass is 288 g/mol. The highest BCUT2D eigenvalue weighted by molar-refractivity contribution is 5.38. The molecule has 0 radical (unpaired) electrons. The van der Waals surface area contributed by atoms with Crippen LogP contribution in [0.3, 0.4) is 0 Å². The third kappa shape index (κ3) is 2.84. The largest absolute Gasteiger partial charge is 0.345 e. The van der Waals surface area contributed by atoms with Gasteiger partial charge in [-0.15, -0.1) is 0 Å². The topological polar surface area (TPSA) is 57.4 Å². The van der Waals surface area contributed by atoms with E-state index in [1.807, 2.05) is 13.8 Å². The molecule has 5 heteroatoms. The molecule has 21 heavy (non-hydrogen) atoms. The van der Waals surface area contributed by atoms with Crippen LogP contribution in [-0.2, 0) is 15.9 Å². The van der Waals surface area contributed by atoms with Gasteiger partial charge in [-0.2, -0.15) is 4.98 Å². The van der Waals surface area contributed by atoms with Gasteiger partial charge in [0.05, 0.1) is 0 Å². The maximum absolute atomic E-state index is 5.50. The molecule has 1 atom stereocenters. The SMILES string of the molecule is CCOC(OCC)c1nc(C2CCc3ccccc32)no1. The van der Waals surface area contributed by atoms with Crippen molar-refractivity contribution in [3.05, 3.63) is 47.1 Å². The van der Waals surface area contributed by atoms with Crippen molar-refractivity contribution in [3.63, 3.8) is 0 Å². The van der Waals surface area contributed by atoms with Gasteiger partial charge in [0.15, 0.2) is 5.82 Å². The standard InChI is InChI=1S/C16H20N2O3/c1-3-19-16(20-4-2)15-17-14(18-21-15)13-10-9-11-7-5-6-8-12(11)13/h5-8,13,16H,3-4,9-10H2,1-2H3. The molecule has 0 saturated carbocycles. The molecule has 1 aromatic carbocycles. The molecule has 1 aliphatic carbocycles. The van der Waals surface area contributed by atoms with Gasteiger partial charge in [-0.05, 0) is 37.8 Å². The third-order valence-corrected chi connectivity index (χ3v) is 3.74. The molecule has 0 spiro atoms. The van der Waals surface area contributed by atoms with Gasteiger partial charge < -0.3 is 14.0 Å². The Hall–Kier alpha value is -1.72. The van der Waals surface area contributed by atoms with Gasteiger partial charge in [0, 0.05) is 19.1 Å². The molecule has 1 aromatic heterocycles. The van der Waals surface area contributed by atoms with Crippen molar-refractivity contribution in [1.29, 1.82) is 0 Å². The smallest absolute Gasteiger partial charge is 0.283 e. The molecular formula is C16H20N2O3. The van der Waals surface area contributed by atoms with Gasteiger partial charge in [-0.1, -0.05) is 29.4 Å². The summed E-state index contributed by atoms with van der Waals surface area (Å²) in [5.41, 5.74) is 2.68. The van der Waals surface area contributed by atoms with E-state index in [9.17, 15) is 0 Å². The molecule has 0 bridgehead atoms. The van der Waals surface area contributed by atoms with Crippen LogP contribution in [-0.4, -0.2) is 23.4 Å². The fourth-order valence-electron chi connectivity index (χ4n) is 2.80. The highest BCUT2D eigenvalue weighted by Crippen LogP contribution is 2.36. The summed E-state index contributed by atoms with van der Waals surface area (Å²) in [6.07, 6.45) is 1.51. The van der Waals surface area contributed by atoms with Crippen LogP contribution in [0.4, 0.5) is 0 Å². The zero-order chi connectivity index (χ0) is 14.7. The summed E-state index contributed by atoms with van der Waals surface area (Å²) < 4.78 is 16.3. The second kappa shape index (κ2) is 6.37. The maximum atomic E-state index is 5.50. The number of aromatic nitrogens is 2. The lowest BCUT2D eigenvalue weighted by molar-refractivity contribution is -0.155. The van der Waals surface area contributed by atoms with Crippen molar-refractivity contribution in [2.45, 2.75) is 38.9 Å². The molecule has 0 aliphatic heterocycles. The minimum absolute atomic E-state index is 0.211. The second-order valence-electron chi connectivity index (χ2n) is 5.02. The molecular weight excluding hydrogens is 268 g/mol. The van der Waals surface area contributed by atoms with E-state index < -0.39 is 6.29 Å². The Balaban J connectivity index is 1.82. The fourth-order valence-corrected chi connectivity index (χ4v) is 2.80. The Morgan fingerprint density at radius 2 is 2.00 bits per heavy atom. The summed E-state index contributed by atoms with van der Waals surface area (Å²) in [7, 11) is 0. The van der Waals surface area contributed by atoms with Crippen LogP contribution in [0.5, 0.6) is 0 Å². The van der Waals surface area contributed by atoms with Crippen molar-refractivity contribution < 1.29 is 14.0 Å². The summed E-state index contributed by atoms with van der Waals surface area (Å²) in [5, 5.41) is 4.14. The van der Waals surface area contributed by atoms with Crippen LogP contribution < -0.4 is 0 Å². The first-order chi connectivity index (χ1) is 10.3. The van der Waals surface area contributed by atoms with E-state index in [-0.39, 0.29) is 5.92 Å². The number of ether oxygens (including phenoxy) is 2. The Morgan fingerprint density at radius 1 is 1.24 bits per heavy atom. The molecule has 0 fully saturated rings. The normalized spacial score (nSPS) is 17.4. The van der Waals surface area contributed by atoms with E-state index in [1.54, 1.807) is 0 Å². The number of benzene rings is 1. The summed E-state index contributed by atoms with van der Waals surface area (Å²) in [5.74, 6) is 1.33. The van der Waals surface area contributed by atoms with Crippen molar-refractivity contribution >= 4 is 0 Å². The van der Waals surface area contributed by atoms with Crippen LogP contribution in [0.25, 0.3) is 0 Å². The fraction of sp³-hybridized carbons (Fsp3) is 0.500. The molecule has 3 rings (SSSR count). The van der Waals surface area contributed by atoms with Crippen molar-refractivity contribution in [3.8, 4) is 0 Å². The molecule has 1 aliphatic rings. The number of nitrogens with zero attached hydrogens (tertiary/aromatic N) is 2. The summed E-state index contributed by atoms with van der Waals surface area (Å²) in [6.45, 7) is 4.90. The number of hydrogen-bond donors (Lipinski definition) is 0. The average molecular weight is 288 g/mol. The van der Waals surface area contributed by atoms with Crippen LogP contribution in [0.1, 0.15) is 55.3 Å². The van der Waals surface area contributed by atoms with E-state index in [0.717, 1.165) is 18.7 Å². The third-order valence-electron chi connectivity index (χ3n) is 3.74. The summed E-state index contributed by atoms with van der Waals surface area (Å²) in [4.78, 5) is 4.50. The molecule has 1 heterocycles. The minimum atomic E-state index is -0.571. The van der Waals surface area contributed by atoms with Gasteiger partial charge >= 0.3 is 0 Å². The van der Waals surface area contributed by atoms with Gasteiger partial charge in [-0.3, -0.25) is 0 Å². The van der Waals surface area contributed by atoms with E-state index in [2.05, 4.69) is 34.4 Å². The first-order valence-electron chi connectivity index (χ1n) is 7.48. The molecule has 2 aromatic rings. The van der Waals surface area contributed by atoms with Gasteiger partial charge in [0.25, 0.3) is 5.89 Å². The minimum Gasteiger partial charge on any atom is -0.345 e. The number of hydrogen-bond acceptors (Lipinski definition) is 5. The van der Waals surface area contributed by atoms with Gasteiger partial charge in [0.2, 0.25) is 6.29 Å². The first kappa shape index (κ1) is 14.2. The summed E-state index contributed by atoms with van der Waals surface area (Å²) >= 11 is 0. The molecule has 5 nitrogen and oxygen atoms in total. The second-order valence-corrected chi connectivity index (χ2v) is 5.02. The Morgan fingerprint density at radius 3 is 2.76 bits per heavy atom. The molecule has 112 valence electrons. The van der Waals surface area contributed by atoms with E-state index in [4.69, 9.17) is 14.0 Å². The highest BCUT2D eigenvalue weighted by atomic mass is 16.7. The highest BCUT2D eigenvalue weighted by Gasteiger charge is 2.29. The predicted molar refractivity (Wildman–Crippen MR) is 76.9 cm³/mol. The van der Waals surface area contributed by atoms with E-state index >= 15 is 0 Å². The number of fused-ring (bicyclic) bond motifs is 1. The van der Waals surface area contributed by atoms with E-state index in [0.29, 0.717) is 19.1 Å². The van der Waals surface area contributed by atoms with Crippen molar-refractivity contribution in [1.82, 2.24) is 10.1 Å². The van der Waals surface area contributed by atoms with Gasteiger partial charge in [0.1, 0.15) is 0 Å². The lowest BCUT2D eigenvalue weighted by Gasteiger charge is -2.11. The van der Waals surface area contributed by atoms with Crippen molar-refractivity contribution in [2.75, 3.05) is 13.2 Å². The molecule has 0 amide bonds. The zero-order valence-corrected chi connectivity index (χ0v) is 12.4. The lowest BCUT2D eigenvalue weighted by Crippen LogP contribution is -2.09. The van der Waals surface area contributed by atoms with Crippen LogP contribution in [0.2, 0.25) is 0 Å². The number of rotatable bonds is 6. The zero-order valence-electron chi connectivity index (χ0n) is 12.4. The average Bonchev–Trinajstić information content (AvgIpc) is 3.13. The van der Waals surface area contributed by atoms with Gasteiger partial charge in [-0.25, -0.2) is 0 Å². The molecule has 0 saturated heterocycles. The Labute approximate surface area is 124 Å². The lowest BCUT2D eigenvalue weighted by atomic mass is 10.0.